The lowest BCUT2D eigenvalue weighted by Crippen LogP contribution is -2.42. The third-order valence-corrected chi connectivity index (χ3v) is 3.82. The molecule has 23 heavy (non-hydrogen) atoms. The fourth-order valence-electron chi connectivity index (χ4n) is 2.15. The number of nitrogens with one attached hydrogen (secondary N) is 1. The highest BCUT2D eigenvalue weighted by molar-refractivity contribution is 5.27. The maximum absolute atomic E-state index is 9.92. The summed E-state index contributed by atoms with van der Waals surface area (Å²) in [5.41, 5.74) is 1.26. The van der Waals surface area contributed by atoms with E-state index in [4.69, 9.17) is 9.47 Å². The van der Waals surface area contributed by atoms with Crippen LogP contribution in [0.1, 0.15) is 39.2 Å². The van der Waals surface area contributed by atoms with E-state index in [9.17, 15) is 5.11 Å². The Kier molecular flexibility index (Phi) is 6.88. The monoisotopic (exact) mass is 321 g/mol. The number of benzene rings is 1. The highest BCUT2D eigenvalue weighted by Gasteiger charge is 2.20. The Hall–Kier alpha value is -1.10. The molecule has 1 aromatic rings. The molecular formula is C19H31NO3. The molecule has 2 N–H and O–H groups in total. The van der Waals surface area contributed by atoms with Gasteiger partial charge in [0.25, 0.3) is 0 Å². The molecule has 2 rings (SSSR count). The van der Waals surface area contributed by atoms with Crippen LogP contribution in [0.4, 0.5) is 0 Å². The normalized spacial score (nSPS) is 16.3. The molecule has 0 saturated heterocycles. The van der Waals surface area contributed by atoms with Crippen molar-refractivity contribution in [3.05, 3.63) is 29.8 Å². The van der Waals surface area contributed by atoms with Gasteiger partial charge in [0.2, 0.25) is 0 Å². The first-order valence-electron chi connectivity index (χ1n) is 8.65. The second-order valence-corrected chi connectivity index (χ2v) is 7.51. The molecular weight excluding hydrogens is 290 g/mol. The van der Waals surface area contributed by atoms with E-state index >= 15 is 0 Å². The van der Waals surface area contributed by atoms with Gasteiger partial charge < -0.3 is 19.9 Å². The van der Waals surface area contributed by atoms with Crippen molar-refractivity contribution in [3.8, 4) is 5.75 Å². The molecule has 1 fully saturated rings. The van der Waals surface area contributed by atoms with Gasteiger partial charge in [-0.1, -0.05) is 12.1 Å². The zero-order chi connectivity index (χ0) is 16.7. The summed E-state index contributed by atoms with van der Waals surface area (Å²) in [6.45, 7) is 8.76. The van der Waals surface area contributed by atoms with E-state index in [0.29, 0.717) is 13.2 Å². The summed E-state index contributed by atoms with van der Waals surface area (Å²) < 4.78 is 11.3. The van der Waals surface area contributed by atoms with Gasteiger partial charge in [-0.2, -0.15) is 0 Å². The molecule has 130 valence electrons. The Morgan fingerprint density at radius 3 is 2.52 bits per heavy atom. The van der Waals surface area contributed by atoms with Gasteiger partial charge in [0.05, 0.1) is 6.61 Å². The zero-order valence-electron chi connectivity index (χ0n) is 14.7. The second kappa shape index (κ2) is 8.67. The molecule has 0 spiro atoms. The molecule has 1 saturated carbocycles. The van der Waals surface area contributed by atoms with Crippen LogP contribution in [-0.4, -0.2) is 43.1 Å². The van der Waals surface area contributed by atoms with E-state index < -0.39 is 6.10 Å². The Morgan fingerprint density at radius 1 is 1.22 bits per heavy atom. The van der Waals surface area contributed by atoms with E-state index in [2.05, 4.69) is 38.2 Å². The van der Waals surface area contributed by atoms with Crippen molar-refractivity contribution in [3.63, 3.8) is 0 Å². The summed E-state index contributed by atoms with van der Waals surface area (Å²) in [4.78, 5) is 0. The molecule has 1 aliphatic rings. The number of β-amino-alcohol motifs (C(OH)–C–C–N with tert-alkyl or cyclic N) is 1. The predicted molar refractivity (Wildman–Crippen MR) is 92.9 cm³/mol. The lowest BCUT2D eigenvalue weighted by molar-refractivity contribution is 0.100. The maximum atomic E-state index is 9.92. The first-order chi connectivity index (χ1) is 10.9. The average molecular weight is 321 g/mol. The quantitative estimate of drug-likeness (QED) is 0.651. The first-order valence-corrected chi connectivity index (χ1v) is 8.65. The SMILES string of the molecule is CC(C)(C)NC[C@H](O)COc1ccc(CCOCC2CC2)cc1. The van der Waals surface area contributed by atoms with Crippen molar-refractivity contribution in [1.82, 2.24) is 5.32 Å². The number of hydrogen-bond acceptors (Lipinski definition) is 4. The van der Waals surface area contributed by atoms with Gasteiger partial charge >= 0.3 is 0 Å². The van der Waals surface area contributed by atoms with E-state index in [1.165, 1.54) is 18.4 Å². The van der Waals surface area contributed by atoms with E-state index in [0.717, 1.165) is 31.3 Å². The molecule has 1 aromatic carbocycles. The van der Waals surface area contributed by atoms with Crippen LogP contribution in [0.3, 0.4) is 0 Å². The number of ether oxygens (including phenoxy) is 2. The Labute approximate surface area is 140 Å². The molecule has 0 heterocycles. The summed E-state index contributed by atoms with van der Waals surface area (Å²) in [6, 6.07) is 8.05. The largest absolute Gasteiger partial charge is 0.491 e. The Morgan fingerprint density at radius 2 is 1.91 bits per heavy atom. The maximum Gasteiger partial charge on any atom is 0.119 e. The molecule has 0 radical (unpaired) electrons. The summed E-state index contributed by atoms with van der Waals surface area (Å²) in [7, 11) is 0. The van der Waals surface area contributed by atoms with E-state index in [1.54, 1.807) is 0 Å². The molecule has 4 heteroatoms. The highest BCUT2D eigenvalue weighted by atomic mass is 16.5. The van der Waals surface area contributed by atoms with Crippen LogP contribution in [0.2, 0.25) is 0 Å². The van der Waals surface area contributed by atoms with Gasteiger partial charge in [0, 0.05) is 18.7 Å². The van der Waals surface area contributed by atoms with Crippen LogP contribution in [-0.2, 0) is 11.2 Å². The summed E-state index contributed by atoms with van der Waals surface area (Å²) in [5.74, 6) is 1.62. The van der Waals surface area contributed by atoms with Crippen LogP contribution in [0.15, 0.2) is 24.3 Å². The van der Waals surface area contributed by atoms with E-state index in [1.807, 2.05) is 12.1 Å². The van der Waals surface area contributed by atoms with Crippen LogP contribution >= 0.6 is 0 Å². The van der Waals surface area contributed by atoms with Gasteiger partial charge in [-0.25, -0.2) is 0 Å². The standard InChI is InChI=1S/C19H31NO3/c1-19(2,3)20-12-17(21)14-23-18-8-6-15(7-9-18)10-11-22-13-16-4-5-16/h6-9,16-17,20-21H,4-5,10-14H2,1-3H3/t17-/m0/s1. The van der Waals surface area contributed by atoms with E-state index in [-0.39, 0.29) is 5.54 Å². The molecule has 0 unspecified atom stereocenters. The number of rotatable bonds is 10. The Balaban J connectivity index is 1.61. The molecule has 1 atom stereocenters. The summed E-state index contributed by atoms with van der Waals surface area (Å²) in [5, 5.41) is 13.2. The minimum absolute atomic E-state index is 0.00417. The first kappa shape index (κ1) is 18.2. The average Bonchev–Trinajstić information content (AvgIpc) is 3.32. The van der Waals surface area contributed by atoms with Crippen LogP contribution in [0.25, 0.3) is 0 Å². The third kappa shape index (κ3) is 8.35. The lowest BCUT2D eigenvalue weighted by atomic mass is 10.1. The van der Waals surface area contributed by atoms with Gasteiger partial charge in [0.1, 0.15) is 18.5 Å². The van der Waals surface area contributed by atoms with Crippen molar-refractivity contribution >= 4 is 0 Å². The number of aliphatic hydroxyl groups excluding tert-OH is 1. The predicted octanol–water partition coefficient (Wildman–Crippen LogP) is 2.78. The summed E-state index contributed by atoms with van der Waals surface area (Å²) in [6.07, 6.45) is 3.10. The van der Waals surface area contributed by atoms with Crippen molar-refractivity contribution in [2.24, 2.45) is 5.92 Å². The molecule has 0 amide bonds. The zero-order valence-corrected chi connectivity index (χ0v) is 14.7. The van der Waals surface area contributed by atoms with Gasteiger partial charge in [-0.3, -0.25) is 0 Å². The molecule has 1 aliphatic carbocycles. The topological polar surface area (TPSA) is 50.7 Å². The Bertz CT molecular complexity index is 449. The van der Waals surface area contributed by atoms with Crippen LogP contribution in [0.5, 0.6) is 5.75 Å². The minimum atomic E-state index is -0.510. The highest BCUT2D eigenvalue weighted by Crippen LogP contribution is 2.28. The van der Waals surface area contributed by atoms with Crippen LogP contribution < -0.4 is 10.1 Å². The van der Waals surface area contributed by atoms with Crippen molar-refractivity contribution in [2.75, 3.05) is 26.4 Å². The third-order valence-electron chi connectivity index (χ3n) is 3.82. The van der Waals surface area contributed by atoms with Gasteiger partial charge in [-0.05, 0) is 63.6 Å². The fraction of sp³-hybridized carbons (Fsp3) is 0.684. The van der Waals surface area contributed by atoms with Crippen LogP contribution in [0, 0.1) is 5.92 Å². The lowest BCUT2D eigenvalue weighted by Gasteiger charge is -2.23. The molecule has 0 aliphatic heterocycles. The van der Waals surface area contributed by atoms with Crippen molar-refractivity contribution in [1.29, 1.82) is 0 Å². The smallest absolute Gasteiger partial charge is 0.119 e. The summed E-state index contributed by atoms with van der Waals surface area (Å²) >= 11 is 0. The fourth-order valence-corrected chi connectivity index (χ4v) is 2.15. The number of aliphatic hydroxyl groups is 1. The molecule has 0 aromatic heterocycles. The van der Waals surface area contributed by atoms with Crippen molar-refractivity contribution in [2.45, 2.75) is 51.7 Å². The van der Waals surface area contributed by atoms with Gasteiger partial charge in [-0.15, -0.1) is 0 Å². The molecule has 4 nitrogen and oxygen atoms in total. The minimum Gasteiger partial charge on any atom is -0.491 e. The molecule has 0 bridgehead atoms. The van der Waals surface area contributed by atoms with Gasteiger partial charge in [0.15, 0.2) is 0 Å². The second-order valence-electron chi connectivity index (χ2n) is 7.51. The van der Waals surface area contributed by atoms with Crippen molar-refractivity contribution < 1.29 is 14.6 Å². The number of hydrogen-bond donors (Lipinski definition) is 2.